The van der Waals surface area contributed by atoms with E-state index >= 15 is 0 Å². The van der Waals surface area contributed by atoms with Gasteiger partial charge in [0.15, 0.2) is 6.61 Å². The molecule has 1 aliphatic rings. The molecule has 8 heteroatoms. The molecule has 0 saturated carbocycles. The van der Waals surface area contributed by atoms with E-state index in [1.54, 1.807) is 36.1 Å². The van der Waals surface area contributed by atoms with E-state index < -0.39 is 11.7 Å². The lowest BCUT2D eigenvalue weighted by atomic mass is 10.0. The lowest BCUT2D eigenvalue weighted by Gasteiger charge is -2.30. The predicted molar refractivity (Wildman–Crippen MR) is 104 cm³/mol. The van der Waals surface area contributed by atoms with E-state index in [2.05, 4.69) is 6.92 Å². The van der Waals surface area contributed by atoms with Crippen molar-refractivity contribution in [3.8, 4) is 0 Å². The lowest BCUT2D eigenvalue weighted by Crippen LogP contribution is -2.42. The largest absolute Gasteiger partial charge is 0.454 e. The maximum absolute atomic E-state index is 12.6. The third-order valence-corrected chi connectivity index (χ3v) is 5.10. The first-order chi connectivity index (χ1) is 13.4. The smallest absolute Gasteiger partial charge is 0.332 e. The third kappa shape index (κ3) is 4.00. The van der Waals surface area contributed by atoms with E-state index in [1.165, 1.54) is 4.57 Å². The van der Waals surface area contributed by atoms with E-state index in [1.807, 2.05) is 0 Å². The van der Waals surface area contributed by atoms with Crippen LogP contribution in [0.1, 0.15) is 26.7 Å². The molecule has 2 heterocycles. The van der Waals surface area contributed by atoms with Gasteiger partial charge in [0.05, 0.1) is 10.9 Å². The van der Waals surface area contributed by atoms with E-state index in [-0.39, 0.29) is 31.2 Å². The molecule has 0 aliphatic carbocycles. The molecule has 0 bridgehead atoms. The van der Waals surface area contributed by atoms with Crippen molar-refractivity contribution in [2.75, 3.05) is 19.7 Å². The van der Waals surface area contributed by atoms with Crippen LogP contribution in [0.3, 0.4) is 0 Å². The summed E-state index contributed by atoms with van der Waals surface area (Å²) in [5, 5.41) is 0.357. The molecule has 1 amide bonds. The fraction of sp³-hybridized carbons (Fsp3) is 0.500. The van der Waals surface area contributed by atoms with Crippen molar-refractivity contribution in [3.05, 3.63) is 45.1 Å². The minimum absolute atomic E-state index is 0.198. The fourth-order valence-corrected chi connectivity index (χ4v) is 3.63. The number of hydrogen-bond acceptors (Lipinski definition) is 5. The molecule has 1 fully saturated rings. The molecule has 2 aromatic rings. The van der Waals surface area contributed by atoms with Gasteiger partial charge in [-0.25, -0.2) is 4.79 Å². The molecule has 0 radical (unpaired) electrons. The second-order valence-electron chi connectivity index (χ2n) is 7.18. The Morgan fingerprint density at radius 3 is 2.64 bits per heavy atom. The van der Waals surface area contributed by atoms with Crippen molar-refractivity contribution < 1.29 is 14.3 Å². The Hall–Kier alpha value is -2.90. The molecule has 1 aromatic carbocycles. The van der Waals surface area contributed by atoms with Gasteiger partial charge in [0.1, 0.15) is 6.54 Å². The van der Waals surface area contributed by atoms with Crippen LogP contribution in [0.5, 0.6) is 0 Å². The van der Waals surface area contributed by atoms with Gasteiger partial charge in [-0.15, -0.1) is 0 Å². The van der Waals surface area contributed by atoms with Gasteiger partial charge < -0.3 is 9.64 Å². The number of rotatable bonds is 5. The Kier molecular flexibility index (Phi) is 5.96. The summed E-state index contributed by atoms with van der Waals surface area (Å²) in [6.07, 6.45) is 2.04. The molecule has 1 unspecified atom stereocenters. The van der Waals surface area contributed by atoms with Gasteiger partial charge in [0, 0.05) is 19.6 Å². The number of para-hydroxylation sites is 1. The summed E-state index contributed by atoms with van der Waals surface area (Å²) in [6.45, 7) is 4.62. The molecule has 1 aromatic heterocycles. The van der Waals surface area contributed by atoms with Crippen LogP contribution in [0, 0.1) is 5.92 Å². The highest BCUT2D eigenvalue weighted by molar-refractivity contribution is 5.82. The van der Waals surface area contributed by atoms with Gasteiger partial charge in [0.25, 0.3) is 11.5 Å². The SMILES string of the molecule is CCn1c(=O)c2ccccc2n(CC(=O)OCC(=O)N2CCCC(C)C2)c1=O. The van der Waals surface area contributed by atoms with Gasteiger partial charge in [0.2, 0.25) is 0 Å². The molecular weight excluding hydrogens is 362 g/mol. The molecule has 28 heavy (non-hydrogen) atoms. The van der Waals surface area contributed by atoms with Crippen LogP contribution >= 0.6 is 0 Å². The van der Waals surface area contributed by atoms with Crippen LogP contribution in [-0.2, 0) is 27.4 Å². The van der Waals surface area contributed by atoms with Crippen molar-refractivity contribution in [2.24, 2.45) is 5.92 Å². The molecular formula is C20H25N3O5. The first-order valence-corrected chi connectivity index (χ1v) is 9.58. The number of hydrogen-bond donors (Lipinski definition) is 0. The highest BCUT2D eigenvalue weighted by Crippen LogP contribution is 2.15. The van der Waals surface area contributed by atoms with Crippen molar-refractivity contribution in [1.29, 1.82) is 0 Å². The molecule has 1 atom stereocenters. The van der Waals surface area contributed by atoms with E-state index in [4.69, 9.17) is 4.74 Å². The second kappa shape index (κ2) is 8.41. The summed E-state index contributed by atoms with van der Waals surface area (Å²) in [6, 6.07) is 6.63. The zero-order valence-electron chi connectivity index (χ0n) is 16.2. The Morgan fingerprint density at radius 2 is 1.93 bits per heavy atom. The minimum atomic E-state index is -0.688. The molecule has 1 aliphatic heterocycles. The number of esters is 1. The number of likely N-dealkylation sites (tertiary alicyclic amines) is 1. The molecule has 0 spiro atoms. The standard InChI is InChI=1S/C20H25N3O5/c1-3-22-19(26)15-8-4-5-9-16(15)23(20(22)27)12-18(25)28-13-17(24)21-10-6-7-14(2)11-21/h4-5,8-9,14H,3,6-7,10-13H2,1-2H3. The minimum Gasteiger partial charge on any atom is -0.454 e. The average Bonchev–Trinajstić information content (AvgIpc) is 2.69. The van der Waals surface area contributed by atoms with Crippen LogP contribution in [0.2, 0.25) is 0 Å². The summed E-state index contributed by atoms with van der Waals surface area (Å²) < 4.78 is 7.42. The number of nitrogens with zero attached hydrogens (tertiary/aromatic N) is 3. The molecule has 0 N–H and O–H groups in total. The van der Waals surface area contributed by atoms with Gasteiger partial charge in [-0.05, 0) is 37.8 Å². The zero-order valence-corrected chi connectivity index (χ0v) is 16.2. The van der Waals surface area contributed by atoms with Crippen molar-refractivity contribution in [2.45, 2.75) is 39.8 Å². The maximum Gasteiger partial charge on any atom is 0.332 e. The molecule has 150 valence electrons. The highest BCUT2D eigenvalue weighted by atomic mass is 16.5. The van der Waals surface area contributed by atoms with Crippen molar-refractivity contribution >= 4 is 22.8 Å². The maximum atomic E-state index is 12.6. The summed E-state index contributed by atoms with van der Waals surface area (Å²) in [4.78, 5) is 51.3. The first kappa shape index (κ1) is 19.9. The Balaban J connectivity index is 1.75. The number of carbonyl (C=O) groups excluding carboxylic acids is 2. The topological polar surface area (TPSA) is 90.6 Å². The molecule has 1 saturated heterocycles. The zero-order chi connectivity index (χ0) is 20.3. The Bertz CT molecular complexity index is 1010. The number of ether oxygens (including phenoxy) is 1. The van der Waals surface area contributed by atoms with Gasteiger partial charge in [-0.2, -0.15) is 0 Å². The normalized spacial score (nSPS) is 16.9. The first-order valence-electron chi connectivity index (χ1n) is 9.58. The van der Waals surface area contributed by atoms with Crippen molar-refractivity contribution in [3.63, 3.8) is 0 Å². The van der Waals surface area contributed by atoms with Crippen molar-refractivity contribution in [1.82, 2.24) is 14.0 Å². The predicted octanol–water partition coefficient (Wildman–Crippen LogP) is 0.985. The average molecular weight is 387 g/mol. The Morgan fingerprint density at radius 1 is 1.18 bits per heavy atom. The number of aromatic nitrogens is 2. The van der Waals surface area contributed by atoms with E-state index in [9.17, 15) is 19.2 Å². The summed E-state index contributed by atoms with van der Waals surface area (Å²) in [7, 11) is 0. The van der Waals surface area contributed by atoms with Crippen LogP contribution in [0.4, 0.5) is 0 Å². The van der Waals surface area contributed by atoms with Crippen LogP contribution in [-0.4, -0.2) is 45.6 Å². The number of fused-ring (bicyclic) bond motifs is 1. The van der Waals surface area contributed by atoms with E-state index in [0.29, 0.717) is 29.9 Å². The number of benzene rings is 1. The summed E-state index contributed by atoms with van der Waals surface area (Å²) in [5.74, 6) is -0.476. The quantitative estimate of drug-likeness (QED) is 0.714. The number of piperidine rings is 1. The Labute approximate surface area is 162 Å². The molecule has 8 nitrogen and oxygen atoms in total. The van der Waals surface area contributed by atoms with Crippen LogP contribution < -0.4 is 11.2 Å². The van der Waals surface area contributed by atoms with E-state index in [0.717, 1.165) is 17.4 Å². The van der Waals surface area contributed by atoms with Gasteiger partial charge in [-0.1, -0.05) is 19.1 Å². The summed E-state index contributed by atoms with van der Waals surface area (Å²) >= 11 is 0. The molecule has 3 rings (SSSR count). The monoisotopic (exact) mass is 387 g/mol. The highest BCUT2D eigenvalue weighted by Gasteiger charge is 2.22. The number of amides is 1. The lowest BCUT2D eigenvalue weighted by molar-refractivity contribution is -0.153. The second-order valence-corrected chi connectivity index (χ2v) is 7.18. The number of carbonyl (C=O) groups is 2. The fourth-order valence-electron chi connectivity index (χ4n) is 3.63. The van der Waals surface area contributed by atoms with Crippen LogP contribution in [0.25, 0.3) is 10.9 Å². The van der Waals surface area contributed by atoms with Crippen LogP contribution in [0.15, 0.2) is 33.9 Å². The third-order valence-electron chi connectivity index (χ3n) is 5.10. The summed E-state index contributed by atoms with van der Waals surface area (Å²) in [5.41, 5.74) is -0.586. The van der Waals surface area contributed by atoms with Gasteiger partial charge in [-0.3, -0.25) is 23.5 Å². The van der Waals surface area contributed by atoms with Gasteiger partial charge >= 0.3 is 11.7 Å².